The second-order valence-electron chi connectivity index (χ2n) is 6.29. The number of likely N-dealkylation sites (tertiary alicyclic amines) is 1. The van der Waals surface area contributed by atoms with Gasteiger partial charge in [-0.05, 0) is 36.6 Å². The lowest BCUT2D eigenvalue weighted by Crippen LogP contribution is -2.43. The van der Waals surface area contributed by atoms with Crippen molar-refractivity contribution in [2.75, 3.05) is 25.0 Å². The number of anilines is 1. The monoisotopic (exact) mass is 312 g/mol. The Morgan fingerprint density at radius 3 is 2.70 bits per heavy atom. The number of hydrogen-bond acceptors (Lipinski definition) is 4. The average Bonchev–Trinajstić information content (AvgIpc) is 2.59. The van der Waals surface area contributed by atoms with E-state index < -0.39 is 0 Å². The van der Waals surface area contributed by atoms with Crippen LogP contribution in [0.25, 0.3) is 0 Å². The zero-order valence-corrected chi connectivity index (χ0v) is 13.9. The van der Waals surface area contributed by atoms with Crippen LogP contribution in [0.4, 0.5) is 5.82 Å². The number of aromatic nitrogens is 2. The quantitative estimate of drug-likeness (QED) is 0.864. The molecule has 0 unspecified atom stereocenters. The molecule has 2 aromatic rings. The fourth-order valence-corrected chi connectivity index (χ4v) is 3.16. The summed E-state index contributed by atoms with van der Waals surface area (Å²) < 4.78 is 1.61. The SMILES string of the molecule is CN(c1ccccn1)C1CCN(Cc2ccn(C)c(=O)c2)CC1. The predicted molar refractivity (Wildman–Crippen MR) is 92.6 cm³/mol. The molecule has 0 N–H and O–H groups in total. The fourth-order valence-electron chi connectivity index (χ4n) is 3.16. The number of piperidine rings is 1. The number of hydrogen-bond donors (Lipinski definition) is 0. The summed E-state index contributed by atoms with van der Waals surface area (Å²) in [5.41, 5.74) is 1.16. The van der Waals surface area contributed by atoms with Gasteiger partial charge in [-0.1, -0.05) is 6.07 Å². The summed E-state index contributed by atoms with van der Waals surface area (Å²) in [4.78, 5) is 20.9. The first-order valence-corrected chi connectivity index (χ1v) is 8.15. The molecule has 2 aromatic heterocycles. The maximum Gasteiger partial charge on any atom is 0.250 e. The molecule has 1 saturated heterocycles. The van der Waals surface area contributed by atoms with Crippen molar-refractivity contribution in [2.24, 2.45) is 7.05 Å². The maximum absolute atomic E-state index is 11.7. The Balaban J connectivity index is 1.56. The standard InChI is InChI=1S/C18H24N4O/c1-20-10-6-15(13-18(20)23)14-22-11-7-16(8-12-22)21(2)17-5-3-4-9-19-17/h3-6,9-10,13,16H,7-8,11-12,14H2,1-2H3. The van der Waals surface area contributed by atoms with E-state index in [1.807, 2.05) is 30.6 Å². The summed E-state index contributed by atoms with van der Waals surface area (Å²) in [6, 6.07) is 10.4. The molecular weight excluding hydrogens is 288 g/mol. The minimum absolute atomic E-state index is 0.0623. The summed E-state index contributed by atoms with van der Waals surface area (Å²) in [6.07, 6.45) is 5.94. The van der Waals surface area contributed by atoms with Gasteiger partial charge < -0.3 is 9.47 Å². The normalized spacial score (nSPS) is 16.4. The first-order chi connectivity index (χ1) is 11.1. The Bertz CT molecular complexity index is 690. The van der Waals surface area contributed by atoms with Gasteiger partial charge in [0.05, 0.1) is 0 Å². The van der Waals surface area contributed by atoms with Gasteiger partial charge in [-0.15, -0.1) is 0 Å². The highest BCUT2D eigenvalue weighted by molar-refractivity contribution is 5.38. The van der Waals surface area contributed by atoms with E-state index in [0.717, 1.165) is 43.9 Å². The van der Waals surface area contributed by atoms with Crippen molar-refractivity contribution >= 4 is 5.82 Å². The topological polar surface area (TPSA) is 41.4 Å². The molecule has 1 aliphatic heterocycles. The molecule has 1 aliphatic rings. The first-order valence-electron chi connectivity index (χ1n) is 8.15. The van der Waals surface area contributed by atoms with Gasteiger partial charge in [0.2, 0.25) is 0 Å². The largest absolute Gasteiger partial charge is 0.357 e. The van der Waals surface area contributed by atoms with Crippen LogP contribution in [0.5, 0.6) is 0 Å². The van der Waals surface area contributed by atoms with E-state index in [-0.39, 0.29) is 5.56 Å². The third kappa shape index (κ3) is 3.79. The zero-order valence-electron chi connectivity index (χ0n) is 13.9. The minimum Gasteiger partial charge on any atom is -0.357 e. The van der Waals surface area contributed by atoms with Gasteiger partial charge in [0, 0.05) is 58.2 Å². The molecule has 0 saturated carbocycles. The van der Waals surface area contributed by atoms with Gasteiger partial charge in [-0.2, -0.15) is 0 Å². The van der Waals surface area contributed by atoms with E-state index in [4.69, 9.17) is 0 Å². The Kier molecular flexibility index (Phi) is 4.76. The van der Waals surface area contributed by atoms with Gasteiger partial charge in [0.1, 0.15) is 5.82 Å². The summed E-state index contributed by atoms with van der Waals surface area (Å²) in [6.45, 7) is 2.96. The number of pyridine rings is 2. The zero-order chi connectivity index (χ0) is 16.2. The van der Waals surface area contributed by atoms with Crippen molar-refractivity contribution in [2.45, 2.75) is 25.4 Å². The summed E-state index contributed by atoms with van der Waals surface area (Å²) in [5.74, 6) is 1.04. The van der Waals surface area contributed by atoms with E-state index >= 15 is 0 Å². The maximum atomic E-state index is 11.7. The van der Waals surface area contributed by atoms with Crippen molar-refractivity contribution in [3.8, 4) is 0 Å². The van der Waals surface area contributed by atoms with E-state index in [9.17, 15) is 4.79 Å². The van der Waals surface area contributed by atoms with E-state index in [0.29, 0.717) is 6.04 Å². The first kappa shape index (κ1) is 15.7. The molecule has 0 atom stereocenters. The molecule has 5 nitrogen and oxygen atoms in total. The lowest BCUT2D eigenvalue weighted by molar-refractivity contribution is 0.203. The highest BCUT2D eigenvalue weighted by Gasteiger charge is 2.23. The number of aryl methyl sites for hydroxylation is 1. The van der Waals surface area contributed by atoms with Crippen LogP contribution in [0.1, 0.15) is 18.4 Å². The van der Waals surface area contributed by atoms with E-state index in [2.05, 4.69) is 27.9 Å². The average molecular weight is 312 g/mol. The molecule has 0 radical (unpaired) electrons. The van der Waals surface area contributed by atoms with Crippen LogP contribution in [0, 0.1) is 0 Å². The highest BCUT2D eigenvalue weighted by Crippen LogP contribution is 2.21. The van der Waals surface area contributed by atoms with Crippen molar-refractivity contribution < 1.29 is 0 Å². The molecule has 122 valence electrons. The van der Waals surface area contributed by atoms with Gasteiger partial charge >= 0.3 is 0 Å². The van der Waals surface area contributed by atoms with Gasteiger partial charge in [-0.25, -0.2) is 4.98 Å². The van der Waals surface area contributed by atoms with Crippen molar-refractivity contribution in [1.82, 2.24) is 14.5 Å². The summed E-state index contributed by atoms with van der Waals surface area (Å²) in [5, 5.41) is 0. The van der Waals surface area contributed by atoms with Crippen LogP contribution in [0.2, 0.25) is 0 Å². The summed E-state index contributed by atoms with van der Waals surface area (Å²) in [7, 11) is 3.91. The molecule has 3 rings (SSSR count). The summed E-state index contributed by atoms with van der Waals surface area (Å²) >= 11 is 0. The smallest absolute Gasteiger partial charge is 0.250 e. The molecule has 0 amide bonds. The van der Waals surface area contributed by atoms with Crippen LogP contribution in [0.3, 0.4) is 0 Å². The van der Waals surface area contributed by atoms with Crippen molar-refractivity contribution in [3.63, 3.8) is 0 Å². The molecule has 0 aliphatic carbocycles. The number of rotatable bonds is 4. The predicted octanol–water partition coefficient (Wildman–Crippen LogP) is 1.88. The molecule has 0 aromatic carbocycles. The second-order valence-corrected chi connectivity index (χ2v) is 6.29. The van der Waals surface area contributed by atoms with Gasteiger partial charge in [0.15, 0.2) is 0 Å². The highest BCUT2D eigenvalue weighted by atomic mass is 16.1. The minimum atomic E-state index is 0.0623. The van der Waals surface area contributed by atoms with Crippen LogP contribution in [-0.2, 0) is 13.6 Å². The van der Waals surface area contributed by atoms with Gasteiger partial charge in [0.25, 0.3) is 5.56 Å². The Morgan fingerprint density at radius 2 is 2.04 bits per heavy atom. The third-order valence-electron chi connectivity index (χ3n) is 4.69. The lowest BCUT2D eigenvalue weighted by Gasteiger charge is -2.37. The molecule has 1 fully saturated rings. The molecule has 0 spiro atoms. The van der Waals surface area contributed by atoms with E-state index in [1.165, 1.54) is 0 Å². The van der Waals surface area contributed by atoms with Crippen LogP contribution >= 0.6 is 0 Å². The van der Waals surface area contributed by atoms with E-state index in [1.54, 1.807) is 17.7 Å². The Labute approximate surface area is 137 Å². The van der Waals surface area contributed by atoms with Crippen LogP contribution < -0.4 is 10.5 Å². The molecule has 23 heavy (non-hydrogen) atoms. The Morgan fingerprint density at radius 1 is 1.26 bits per heavy atom. The molecular formula is C18H24N4O. The molecule has 5 heteroatoms. The van der Waals surface area contributed by atoms with Crippen molar-refractivity contribution in [3.05, 3.63) is 58.6 Å². The van der Waals surface area contributed by atoms with Gasteiger partial charge in [-0.3, -0.25) is 9.69 Å². The van der Waals surface area contributed by atoms with Crippen LogP contribution in [-0.4, -0.2) is 40.6 Å². The lowest BCUT2D eigenvalue weighted by atomic mass is 10.0. The second kappa shape index (κ2) is 6.96. The fraction of sp³-hybridized carbons (Fsp3) is 0.444. The third-order valence-corrected chi connectivity index (χ3v) is 4.69. The molecule has 3 heterocycles. The Hall–Kier alpha value is -2.14. The van der Waals surface area contributed by atoms with Crippen LogP contribution in [0.15, 0.2) is 47.5 Å². The molecule has 0 bridgehead atoms. The number of nitrogens with zero attached hydrogens (tertiary/aromatic N) is 4. The van der Waals surface area contributed by atoms with Crippen molar-refractivity contribution in [1.29, 1.82) is 0 Å².